The molecule has 0 aliphatic carbocycles. The zero-order valence-electron chi connectivity index (χ0n) is 10.2. The van der Waals surface area contributed by atoms with Crippen LogP contribution in [0.5, 0.6) is 0 Å². The topological polar surface area (TPSA) is 29.9 Å². The number of hydrogen-bond donors (Lipinski definition) is 1. The number of halogens is 1. The quantitative estimate of drug-likeness (QED) is 0.924. The lowest BCUT2D eigenvalue weighted by atomic mass is 10.1. The molecule has 2 aromatic rings. The average molecular weight is 270 g/mol. The van der Waals surface area contributed by atoms with Crippen LogP contribution in [0.2, 0.25) is 4.34 Å². The molecule has 2 aromatic heterocycles. The number of thiophene rings is 1. The Morgan fingerprint density at radius 3 is 2.82 bits per heavy atom. The van der Waals surface area contributed by atoms with Crippen molar-refractivity contribution in [2.45, 2.75) is 26.4 Å². The average Bonchev–Trinajstić information content (AvgIpc) is 2.87. The summed E-state index contributed by atoms with van der Waals surface area (Å²) in [5.74, 6) is 0. The maximum atomic E-state index is 6.00. The molecule has 0 saturated carbocycles. The number of rotatable bonds is 4. The van der Waals surface area contributed by atoms with Crippen molar-refractivity contribution >= 4 is 22.9 Å². The highest BCUT2D eigenvalue weighted by atomic mass is 35.5. The lowest BCUT2D eigenvalue weighted by Crippen LogP contribution is -2.20. The van der Waals surface area contributed by atoms with Crippen molar-refractivity contribution in [3.63, 3.8) is 0 Å². The Labute approximate surface area is 110 Å². The fraction of sp³-hybridized carbons (Fsp3) is 0.417. The van der Waals surface area contributed by atoms with Crippen LogP contribution in [0.1, 0.15) is 29.2 Å². The predicted octanol–water partition coefficient (Wildman–Crippen LogP) is 3.24. The molecule has 0 bridgehead atoms. The van der Waals surface area contributed by atoms with Crippen LogP contribution >= 0.6 is 22.9 Å². The van der Waals surface area contributed by atoms with E-state index in [0.717, 1.165) is 16.6 Å². The van der Waals surface area contributed by atoms with Gasteiger partial charge < -0.3 is 5.32 Å². The minimum Gasteiger partial charge on any atom is -0.307 e. The molecule has 0 aliphatic heterocycles. The summed E-state index contributed by atoms with van der Waals surface area (Å²) in [4.78, 5) is 1.21. The third kappa shape index (κ3) is 2.54. The van der Waals surface area contributed by atoms with Gasteiger partial charge in [0.05, 0.1) is 21.8 Å². The fourth-order valence-corrected chi connectivity index (χ4v) is 3.15. The summed E-state index contributed by atoms with van der Waals surface area (Å²) in [5, 5.41) is 7.81. The van der Waals surface area contributed by atoms with Gasteiger partial charge in [0.25, 0.3) is 0 Å². The number of hydrogen-bond acceptors (Lipinski definition) is 3. The van der Waals surface area contributed by atoms with E-state index in [0.29, 0.717) is 0 Å². The zero-order valence-corrected chi connectivity index (χ0v) is 11.8. The lowest BCUT2D eigenvalue weighted by Gasteiger charge is -2.15. The van der Waals surface area contributed by atoms with Crippen LogP contribution in [-0.2, 0) is 6.54 Å². The minimum atomic E-state index is 0.161. The Balaban J connectivity index is 2.41. The molecule has 1 atom stereocenters. The van der Waals surface area contributed by atoms with E-state index in [-0.39, 0.29) is 6.04 Å². The van der Waals surface area contributed by atoms with Crippen LogP contribution < -0.4 is 5.32 Å². The molecule has 0 radical (unpaired) electrons. The summed E-state index contributed by atoms with van der Waals surface area (Å²) in [7, 11) is 1.96. The van der Waals surface area contributed by atoms with Crippen LogP contribution in [0.4, 0.5) is 0 Å². The van der Waals surface area contributed by atoms with E-state index in [1.807, 2.05) is 24.7 Å². The van der Waals surface area contributed by atoms with E-state index in [1.54, 1.807) is 11.3 Å². The van der Waals surface area contributed by atoms with Gasteiger partial charge in [-0.15, -0.1) is 11.3 Å². The number of nitrogens with zero attached hydrogens (tertiary/aromatic N) is 2. The SMILES string of the molecule is CCn1nc(C)cc1C(NC)c1ccc(Cl)s1. The highest BCUT2D eigenvalue weighted by Crippen LogP contribution is 2.31. The molecule has 0 aromatic carbocycles. The van der Waals surface area contributed by atoms with Gasteiger partial charge in [-0.3, -0.25) is 4.68 Å². The number of aryl methyl sites for hydroxylation is 2. The first kappa shape index (κ1) is 12.6. The molecule has 3 nitrogen and oxygen atoms in total. The van der Waals surface area contributed by atoms with Crippen LogP contribution in [0.15, 0.2) is 18.2 Å². The first-order valence-electron chi connectivity index (χ1n) is 5.62. The Morgan fingerprint density at radius 1 is 1.53 bits per heavy atom. The molecule has 92 valence electrons. The standard InChI is InChI=1S/C12H16ClN3S/c1-4-16-9(7-8(2)15-16)12(14-3)10-5-6-11(13)17-10/h5-7,12,14H,4H2,1-3H3. The Bertz CT molecular complexity index is 504. The van der Waals surface area contributed by atoms with Crippen molar-refractivity contribution in [2.24, 2.45) is 0 Å². The van der Waals surface area contributed by atoms with Gasteiger partial charge in [0.15, 0.2) is 0 Å². The molecule has 1 N–H and O–H groups in total. The van der Waals surface area contributed by atoms with Gasteiger partial charge >= 0.3 is 0 Å². The molecular formula is C12H16ClN3S. The first-order valence-corrected chi connectivity index (χ1v) is 6.82. The van der Waals surface area contributed by atoms with Crippen molar-refractivity contribution in [1.29, 1.82) is 0 Å². The Morgan fingerprint density at radius 2 is 2.29 bits per heavy atom. The summed E-state index contributed by atoms with van der Waals surface area (Å²) in [5.41, 5.74) is 2.23. The maximum absolute atomic E-state index is 6.00. The van der Waals surface area contributed by atoms with Gasteiger partial charge in [0, 0.05) is 11.4 Å². The predicted molar refractivity (Wildman–Crippen MR) is 72.9 cm³/mol. The van der Waals surface area contributed by atoms with Gasteiger partial charge in [-0.05, 0) is 39.1 Å². The van der Waals surface area contributed by atoms with Crippen molar-refractivity contribution in [3.05, 3.63) is 38.8 Å². The van der Waals surface area contributed by atoms with Crippen LogP contribution in [0, 0.1) is 6.92 Å². The number of nitrogens with one attached hydrogen (secondary N) is 1. The zero-order chi connectivity index (χ0) is 12.4. The molecule has 0 fully saturated rings. The second kappa shape index (κ2) is 5.21. The van der Waals surface area contributed by atoms with Crippen molar-refractivity contribution in [3.8, 4) is 0 Å². The third-order valence-electron chi connectivity index (χ3n) is 2.70. The smallest absolute Gasteiger partial charge is 0.0931 e. The molecule has 17 heavy (non-hydrogen) atoms. The molecule has 0 spiro atoms. The fourth-order valence-electron chi connectivity index (χ4n) is 1.97. The molecule has 0 aliphatic rings. The van der Waals surface area contributed by atoms with E-state index >= 15 is 0 Å². The summed E-state index contributed by atoms with van der Waals surface area (Å²) >= 11 is 7.60. The Hall–Kier alpha value is -0.840. The van der Waals surface area contributed by atoms with Crippen LogP contribution in [-0.4, -0.2) is 16.8 Å². The number of aromatic nitrogens is 2. The first-order chi connectivity index (χ1) is 8.15. The summed E-state index contributed by atoms with van der Waals surface area (Å²) < 4.78 is 2.85. The van der Waals surface area contributed by atoms with Crippen molar-refractivity contribution in [1.82, 2.24) is 15.1 Å². The maximum Gasteiger partial charge on any atom is 0.0931 e. The van der Waals surface area contributed by atoms with Crippen molar-refractivity contribution < 1.29 is 0 Å². The van der Waals surface area contributed by atoms with Crippen LogP contribution in [0.3, 0.4) is 0 Å². The molecule has 1 unspecified atom stereocenters. The molecule has 5 heteroatoms. The van der Waals surface area contributed by atoms with Gasteiger partial charge in [-0.25, -0.2) is 0 Å². The van der Waals surface area contributed by atoms with Gasteiger partial charge in [0.1, 0.15) is 0 Å². The molecule has 2 heterocycles. The summed E-state index contributed by atoms with van der Waals surface area (Å²) in [6.45, 7) is 4.99. The minimum absolute atomic E-state index is 0.161. The second-order valence-electron chi connectivity index (χ2n) is 3.89. The second-order valence-corrected chi connectivity index (χ2v) is 5.64. The summed E-state index contributed by atoms with van der Waals surface area (Å²) in [6, 6.07) is 6.29. The van der Waals surface area contributed by atoms with Crippen LogP contribution in [0.25, 0.3) is 0 Å². The largest absolute Gasteiger partial charge is 0.307 e. The molecule has 2 rings (SSSR count). The normalized spacial score (nSPS) is 12.9. The van der Waals surface area contributed by atoms with Gasteiger partial charge in [0.2, 0.25) is 0 Å². The van der Waals surface area contributed by atoms with E-state index in [4.69, 9.17) is 11.6 Å². The molecule has 0 saturated heterocycles. The highest BCUT2D eigenvalue weighted by Gasteiger charge is 2.18. The van der Waals surface area contributed by atoms with E-state index in [2.05, 4.69) is 29.5 Å². The lowest BCUT2D eigenvalue weighted by molar-refractivity contribution is 0.565. The Kier molecular flexibility index (Phi) is 3.86. The third-order valence-corrected chi connectivity index (χ3v) is 3.99. The monoisotopic (exact) mass is 269 g/mol. The summed E-state index contributed by atoms with van der Waals surface area (Å²) in [6.07, 6.45) is 0. The van der Waals surface area contributed by atoms with Crippen molar-refractivity contribution in [2.75, 3.05) is 7.05 Å². The van der Waals surface area contributed by atoms with E-state index in [1.165, 1.54) is 10.6 Å². The molecular weight excluding hydrogens is 254 g/mol. The highest BCUT2D eigenvalue weighted by molar-refractivity contribution is 7.16. The van der Waals surface area contributed by atoms with Gasteiger partial charge in [-0.1, -0.05) is 11.6 Å². The van der Waals surface area contributed by atoms with Gasteiger partial charge in [-0.2, -0.15) is 5.10 Å². The molecule has 0 amide bonds. The van der Waals surface area contributed by atoms with E-state index < -0.39 is 0 Å². The van der Waals surface area contributed by atoms with E-state index in [9.17, 15) is 0 Å².